The molecule has 0 radical (unpaired) electrons. The van der Waals surface area contributed by atoms with Gasteiger partial charge in [0.15, 0.2) is 0 Å². The van der Waals surface area contributed by atoms with Crippen LogP contribution in [0.1, 0.15) is 40.3 Å². The Morgan fingerprint density at radius 3 is 2.71 bits per heavy atom. The molecule has 0 bridgehead atoms. The molecule has 0 saturated heterocycles. The third-order valence-electron chi connectivity index (χ3n) is 5.46. The third kappa shape index (κ3) is 3.29. The van der Waals surface area contributed by atoms with Gasteiger partial charge in [0.25, 0.3) is 0 Å². The molecule has 0 aliphatic carbocycles. The Bertz CT molecular complexity index is 1340. The summed E-state index contributed by atoms with van der Waals surface area (Å²) in [6, 6.07) is 11.3. The molecule has 5 nitrogen and oxygen atoms in total. The lowest BCUT2D eigenvalue weighted by Crippen LogP contribution is -2.26. The zero-order valence-corrected chi connectivity index (χ0v) is 17.4. The van der Waals surface area contributed by atoms with E-state index in [0.29, 0.717) is 22.2 Å². The molecule has 9 heteroatoms. The van der Waals surface area contributed by atoms with Gasteiger partial charge in [-0.3, -0.25) is 4.79 Å². The summed E-state index contributed by atoms with van der Waals surface area (Å²) in [5, 5.41) is 7.91. The second-order valence-corrected chi connectivity index (χ2v) is 8.63. The number of nitrogens with zero attached hydrogens (tertiary/aromatic N) is 3. The van der Waals surface area contributed by atoms with E-state index < -0.39 is 17.7 Å². The number of alkyl halides is 3. The van der Waals surface area contributed by atoms with Crippen LogP contribution in [0.4, 0.5) is 19.0 Å². The number of aromatic nitrogens is 3. The van der Waals surface area contributed by atoms with Crippen molar-refractivity contribution < 1.29 is 18.0 Å². The van der Waals surface area contributed by atoms with Gasteiger partial charge >= 0.3 is 6.18 Å². The Labute approximate surface area is 179 Å². The lowest BCUT2D eigenvalue weighted by atomic mass is 9.83. The first kappa shape index (κ1) is 19.7. The minimum absolute atomic E-state index is 0.0775. The predicted octanol–water partition coefficient (Wildman–Crippen LogP) is 5.59. The highest BCUT2D eigenvalue weighted by Gasteiger charge is 2.39. The fourth-order valence-corrected chi connectivity index (χ4v) is 5.14. The van der Waals surface area contributed by atoms with Crippen LogP contribution in [-0.4, -0.2) is 20.7 Å². The largest absolute Gasteiger partial charge is 0.416 e. The standard InChI is InChI=1S/C22H17F3N4OS/c1-11-7-8-16-17(9-11)31-21(26-16)29-20-19(12(2)28-29)14(10-18(30)27-20)13-5-3-4-6-15(13)22(23,24)25/h3-9,14H,10H2,1-2H3,(H,27,30)/t14-/m0/s1. The summed E-state index contributed by atoms with van der Waals surface area (Å²) in [4.78, 5) is 17.1. The molecule has 0 fully saturated rings. The quantitative estimate of drug-likeness (QED) is 0.440. The van der Waals surface area contributed by atoms with E-state index in [9.17, 15) is 18.0 Å². The second kappa shape index (κ2) is 6.91. The highest BCUT2D eigenvalue weighted by atomic mass is 32.1. The SMILES string of the molecule is Cc1ccc2nc(-n3nc(C)c4c3NC(=O)C[C@H]4c3ccccc3C(F)(F)F)sc2c1. The van der Waals surface area contributed by atoms with Crippen molar-refractivity contribution in [3.8, 4) is 5.13 Å². The first-order chi connectivity index (χ1) is 14.7. The molecule has 5 rings (SSSR count). The van der Waals surface area contributed by atoms with Crippen LogP contribution < -0.4 is 5.32 Å². The van der Waals surface area contributed by atoms with Gasteiger partial charge < -0.3 is 5.32 Å². The molecule has 2 aromatic heterocycles. The summed E-state index contributed by atoms with van der Waals surface area (Å²) in [6.07, 6.45) is -4.59. The monoisotopic (exact) mass is 442 g/mol. The number of benzene rings is 2. The smallest absolute Gasteiger partial charge is 0.310 e. The van der Waals surface area contributed by atoms with Crippen molar-refractivity contribution in [1.82, 2.24) is 14.8 Å². The van der Waals surface area contributed by atoms with Crippen molar-refractivity contribution in [3.05, 3.63) is 70.4 Å². The molecular weight excluding hydrogens is 425 g/mol. The fourth-order valence-electron chi connectivity index (χ4n) is 4.12. The normalized spacial score (nSPS) is 16.4. The van der Waals surface area contributed by atoms with Gasteiger partial charge in [-0.05, 0) is 43.2 Å². The van der Waals surface area contributed by atoms with Crippen molar-refractivity contribution in [2.45, 2.75) is 32.4 Å². The number of fused-ring (bicyclic) bond motifs is 2. The van der Waals surface area contributed by atoms with E-state index in [1.165, 1.54) is 28.2 Å². The summed E-state index contributed by atoms with van der Waals surface area (Å²) in [6.45, 7) is 3.73. The van der Waals surface area contributed by atoms with E-state index in [0.717, 1.165) is 21.8 Å². The van der Waals surface area contributed by atoms with Crippen LogP contribution in [0.2, 0.25) is 0 Å². The van der Waals surface area contributed by atoms with Crippen molar-refractivity contribution in [1.29, 1.82) is 0 Å². The van der Waals surface area contributed by atoms with Crippen LogP contribution in [-0.2, 0) is 11.0 Å². The fraction of sp³-hybridized carbons (Fsp3) is 0.227. The number of carbonyl (C=O) groups excluding carboxylic acids is 1. The van der Waals surface area contributed by atoms with Crippen LogP contribution in [0.3, 0.4) is 0 Å². The van der Waals surface area contributed by atoms with Crippen molar-refractivity contribution in [2.24, 2.45) is 0 Å². The maximum atomic E-state index is 13.7. The molecule has 3 heterocycles. The Hall–Kier alpha value is -3.20. The molecule has 1 atom stereocenters. The van der Waals surface area contributed by atoms with Crippen LogP contribution in [0.5, 0.6) is 0 Å². The van der Waals surface area contributed by atoms with E-state index in [1.807, 2.05) is 25.1 Å². The molecule has 31 heavy (non-hydrogen) atoms. The minimum Gasteiger partial charge on any atom is -0.310 e. The van der Waals surface area contributed by atoms with Gasteiger partial charge in [0, 0.05) is 17.9 Å². The number of anilines is 1. The van der Waals surface area contributed by atoms with E-state index in [2.05, 4.69) is 15.4 Å². The molecular formula is C22H17F3N4OS. The first-order valence-electron chi connectivity index (χ1n) is 9.65. The van der Waals surface area contributed by atoms with Gasteiger partial charge in [0.2, 0.25) is 11.0 Å². The summed E-state index contributed by atoms with van der Waals surface area (Å²) in [5.74, 6) is -0.717. The van der Waals surface area contributed by atoms with Gasteiger partial charge in [0.1, 0.15) is 5.82 Å². The number of thiazole rings is 1. The lowest BCUT2D eigenvalue weighted by molar-refractivity contribution is -0.138. The number of aryl methyl sites for hydroxylation is 2. The van der Waals surface area contributed by atoms with E-state index in [-0.39, 0.29) is 17.9 Å². The highest BCUT2D eigenvalue weighted by molar-refractivity contribution is 7.20. The molecule has 1 N–H and O–H groups in total. The van der Waals surface area contributed by atoms with Crippen LogP contribution in [0.25, 0.3) is 15.3 Å². The average Bonchev–Trinajstić information content (AvgIpc) is 3.27. The Kier molecular flexibility index (Phi) is 4.40. The van der Waals surface area contributed by atoms with Crippen LogP contribution in [0.15, 0.2) is 42.5 Å². The van der Waals surface area contributed by atoms with E-state index >= 15 is 0 Å². The van der Waals surface area contributed by atoms with Gasteiger partial charge in [-0.1, -0.05) is 35.6 Å². The topological polar surface area (TPSA) is 59.8 Å². The van der Waals surface area contributed by atoms with Gasteiger partial charge in [-0.2, -0.15) is 23.0 Å². The number of carbonyl (C=O) groups is 1. The lowest BCUT2D eigenvalue weighted by Gasteiger charge is -2.26. The summed E-state index contributed by atoms with van der Waals surface area (Å²) >= 11 is 1.41. The van der Waals surface area contributed by atoms with E-state index in [1.54, 1.807) is 13.0 Å². The number of amides is 1. The van der Waals surface area contributed by atoms with Crippen molar-refractivity contribution >= 4 is 33.3 Å². The Morgan fingerprint density at radius 1 is 1.16 bits per heavy atom. The van der Waals surface area contributed by atoms with Crippen molar-refractivity contribution in [3.63, 3.8) is 0 Å². The molecule has 0 unspecified atom stereocenters. The average molecular weight is 442 g/mol. The van der Waals surface area contributed by atoms with Crippen LogP contribution in [0, 0.1) is 13.8 Å². The zero-order chi connectivity index (χ0) is 21.9. The second-order valence-electron chi connectivity index (χ2n) is 7.62. The first-order valence-corrected chi connectivity index (χ1v) is 10.5. The van der Waals surface area contributed by atoms with Crippen LogP contribution >= 0.6 is 11.3 Å². The third-order valence-corrected chi connectivity index (χ3v) is 6.45. The number of nitrogens with one attached hydrogen (secondary N) is 1. The molecule has 0 saturated carbocycles. The molecule has 2 aromatic carbocycles. The van der Waals surface area contributed by atoms with E-state index in [4.69, 9.17) is 0 Å². The minimum atomic E-state index is -4.51. The zero-order valence-electron chi connectivity index (χ0n) is 16.6. The summed E-state index contributed by atoms with van der Waals surface area (Å²) < 4.78 is 43.5. The predicted molar refractivity (Wildman–Crippen MR) is 113 cm³/mol. The molecule has 1 amide bonds. The number of hydrogen-bond donors (Lipinski definition) is 1. The number of halogens is 3. The van der Waals surface area contributed by atoms with Gasteiger partial charge in [-0.25, -0.2) is 4.98 Å². The Morgan fingerprint density at radius 2 is 1.94 bits per heavy atom. The molecule has 1 aliphatic rings. The number of rotatable bonds is 2. The summed E-state index contributed by atoms with van der Waals surface area (Å²) in [7, 11) is 0. The molecule has 0 spiro atoms. The van der Waals surface area contributed by atoms with Gasteiger partial charge in [0.05, 0.1) is 21.5 Å². The maximum Gasteiger partial charge on any atom is 0.416 e. The van der Waals surface area contributed by atoms with Crippen molar-refractivity contribution in [2.75, 3.05) is 5.32 Å². The molecule has 1 aliphatic heterocycles. The maximum absolute atomic E-state index is 13.7. The molecule has 158 valence electrons. The highest BCUT2D eigenvalue weighted by Crippen LogP contribution is 2.45. The number of hydrogen-bond acceptors (Lipinski definition) is 4. The van der Waals surface area contributed by atoms with Gasteiger partial charge in [-0.15, -0.1) is 0 Å². The molecule has 4 aromatic rings. The summed E-state index contributed by atoms with van der Waals surface area (Å²) in [5.41, 5.74) is 2.39. The Balaban J connectivity index is 1.69.